The summed E-state index contributed by atoms with van der Waals surface area (Å²) in [6, 6.07) is 25.6. The number of para-hydroxylation sites is 1. The minimum absolute atomic E-state index is 0.0333. The van der Waals surface area contributed by atoms with Crippen LogP contribution in [0.15, 0.2) is 84.9 Å². The number of nitrogens with one attached hydrogen (secondary N) is 2. The van der Waals surface area contributed by atoms with Gasteiger partial charge in [0, 0.05) is 44.5 Å². The van der Waals surface area contributed by atoms with Gasteiger partial charge in [-0.2, -0.15) is 0 Å². The molecule has 0 radical (unpaired) electrons. The van der Waals surface area contributed by atoms with E-state index in [1.165, 1.54) is 0 Å². The van der Waals surface area contributed by atoms with Crippen molar-refractivity contribution < 1.29 is 23.9 Å². The Morgan fingerprint density at radius 2 is 1.14 bits per heavy atom. The number of ketones is 2. The molecule has 9 nitrogen and oxygen atoms in total. The highest BCUT2D eigenvalue weighted by Gasteiger charge is 2.30. The van der Waals surface area contributed by atoms with E-state index in [1.807, 2.05) is 65.2 Å². The van der Waals surface area contributed by atoms with Crippen molar-refractivity contribution >= 4 is 103 Å². The van der Waals surface area contributed by atoms with Crippen molar-refractivity contribution in [2.45, 2.75) is 76.5 Å². The number of aromatic nitrogens is 2. The van der Waals surface area contributed by atoms with Crippen LogP contribution in [0.25, 0.3) is 21.8 Å². The Labute approximate surface area is 366 Å². The van der Waals surface area contributed by atoms with Crippen LogP contribution in [0.3, 0.4) is 0 Å². The van der Waals surface area contributed by atoms with Gasteiger partial charge in [-0.25, -0.2) is 0 Å². The van der Waals surface area contributed by atoms with Gasteiger partial charge in [0.15, 0.2) is 0 Å². The monoisotopic (exact) mass is 892 g/mol. The summed E-state index contributed by atoms with van der Waals surface area (Å²) in [7, 11) is 1.54. The predicted molar refractivity (Wildman–Crippen MR) is 236 cm³/mol. The van der Waals surface area contributed by atoms with Crippen LogP contribution in [0.4, 0.5) is 0 Å². The second-order valence-electron chi connectivity index (χ2n) is 14.8. The van der Waals surface area contributed by atoms with Gasteiger partial charge >= 0.3 is 0 Å². The van der Waals surface area contributed by atoms with Crippen molar-refractivity contribution in [1.82, 2.24) is 19.8 Å². The molecule has 2 aliphatic rings. The Bertz CT molecular complexity index is 2550. The molecule has 4 aromatic carbocycles. The maximum Gasteiger partial charge on any atom is 0.292 e. The van der Waals surface area contributed by atoms with Crippen LogP contribution < -0.4 is 15.4 Å². The summed E-state index contributed by atoms with van der Waals surface area (Å²) in [4.78, 5) is 51.4. The largest absolute Gasteiger partial charge is 0.497 e. The van der Waals surface area contributed by atoms with Gasteiger partial charge in [-0.05, 0) is 85.3 Å². The molecule has 0 saturated heterocycles. The molecule has 8 rings (SSSR count). The van der Waals surface area contributed by atoms with E-state index in [1.54, 1.807) is 35.9 Å². The van der Waals surface area contributed by atoms with Gasteiger partial charge in [0.1, 0.15) is 16.1 Å². The summed E-state index contributed by atoms with van der Waals surface area (Å²) in [6.07, 6.45) is 7.89. The van der Waals surface area contributed by atoms with Gasteiger partial charge in [-0.15, -0.1) is 0 Å². The average Bonchev–Trinajstić information content (AvgIpc) is 4.04. The molecule has 2 N–H and O–H groups in total. The number of ether oxygens (including phenoxy) is 1. The van der Waals surface area contributed by atoms with Crippen LogP contribution in [0.2, 0.25) is 25.4 Å². The number of Topliss-reactive ketones (excluding diaryl/α,β-unsaturated/α-hetero) is 2. The van der Waals surface area contributed by atoms with E-state index in [2.05, 4.69) is 10.6 Å². The molecule has 2 amide bonds. The van der Waals surface area contributed by atoms with E-state index in [0.717, 1.165) is 68.0 Å². The van der Waals surface area contributed by atoms with Crippen LogP contribution in [-0.4, -0.2) is 51.7 Å². The summed E-state index contributed by atoms with van der Waals surface area (Å²) in [6.45, 7) is 0.795. The van der Waals surface area contributed by atoms with Crippen LogP contribution in [-0.2, 0) is 22.7 Å². The standard InChI is InChI=1S/C23H21Cl3N2O3.C22H20Cl2N2O2/c1-31-16-8-9-19-17(11-16)20(21(29)23(30)27-15-4-2-3-5-15)22(26)28(19)12-13-6-7-14(24)10-18(13)25;23-15-11-9-14(10-12-15)13-26-18-8-4-3-7-17(18)19(21(26)24)20(27)22(28)25-16-5-1-2-6-16/h6-11,15H,2-5,12H2,1H3,(H,27,30);3-4,7-12,16H,1-2,5-6,13H2,(H,25,28). The Kier molecular flexibility index (Phi) is 13.6. The molecule has 6 aromatic rings. The molecule has 0 unspecified atom stereocenters. The fourth-order valence-corrected chi connectivity index (χ4v) is 9.18. The van der Waals surface area contributed by atoms with Crippen LogP contribution in [0, 0.1) is 0 Å². The molecule has 2 saturated carbocycles. The van der Waals surface area contributed by atoms with E-state index < -0.39 is 23.4 Å². The van der Waals surface area contributed by atoms with Gasteiger partial charge in [-0.3, -0.25) is 19.2 Å². The number of carbonyl (C=O) groups is 4. The number of halogens is 5. The summed E-state index contributed by atoms with van der Waals surface area (Å²) in [5, 5.41) is 9.10. The van der Waals surface area contributed by atoms with Crippen molar-refractivity contribution in [2.24, 2.45) is 0 Å². The van der Waals surface area contributed by atoms with E-state index >= 15 is 0 Å². The first kappa shape index (κ1) is 42.6. The highest BCUT2D eigenvalue weighted by atomic mass is 35.5. The lowest BCUT2D eigenvalue weighted by Gasteiger charge is -2.11. The molecule has 2 aliphatic carbocycles. The van der Waals surface area contributed by atoms with Gasteiger partial charge < -0.3 is 24.5 Å². The number of benzene rings is 4. The fourth-order valence-electron chi connectivity index (χ4n) is 7.90. The summed E-state index contributed by atoms with van der Waals surface area (Å²) >= 11 is 31.6. The summed E-state index contributed by atoms with van der Waals surface area (Å²) in [5.41, 5.74) is 3.74. The molecule has 0 spiro atoms. The van der Waals surface area contributed by atoms with Crippen LogP contribution in [0.1, 0.15) is 83.2 Å². The zero-order valence-corrected chi connectivity index (χ0v) is 35.9. The Balaban J connectivity index is 0.000000180. The average molecular weight is 895 g/mol. The van der Waals surface area contributed by atoms with Crippen molar-refractivity contribution in [1.29, 1.82) is 0 Å². The number of fused-ring (bicyclic) bond motifs is 2. The maximum absolute atomic E-state index is 13.2. The van der Waals surface area contributed by atoms with E-state index in [-0.39, 0.29) is 33.5 Å². The predicted octanol–water partition coefficient (Wildman–Crippen LogP) is 11.1. The normalized spacial score (nSPS) is 14.3. The number of rotatable bonds is 11. The van der Waals surface area contributed by atoms with Gasteiger partial charge in [0.05, 0.1) is 35.8 Å². The molecular weight excluding hydrogens is 854 g/mol. The van der Waals surface area contributed by atoms with Gasteiger partial charge in [-0.1, -0.05) is 120 Å². The topological polar surface area (TPSA) is 111 Å². The van der Waals surface area contributed by atoms with Crippen molar-refractivity contribution in [3.8, 4) is 5.75 Å². The maximum atomic E-state index is 13.2. The van der Waals surface area contributed by atoms with Crippen molar-refractivity contribution in [2.75, 3.05) is 7.11 Å². The third kappa shape index (κ3) is 9.45. The number of amides is 2. The first-order valence-corrected chi connectivity index (χ1v) is 21.3. The smallest absolute Gasteiger partial charge is 0.292 e. The second kappa shape index (κ2) is 18.8. The molecule has 2 heterocycles. The quantitative estimate of drug-likeness (QED) is 0.0994. The number of methoxy groups -OCH3 is 1. The van der Waals surface area contributed by atoms with Crippen LogP contribution in [0.5, 0.6) is 5.75 Å². The number of carbonyl (C=O) groups excluding carboxylic acids is 4. The lowest BCUT2D eigenvalue weighted by atomic mass is 10.1. The highest BCUT2D eigenvalue weighted by molar-refractivity contribution is 6.50. The molecule has 0 aliphatic heterocycles. The van der Waals surface area contributed by atoms with Gasteiger partial charge in [0.2, 0.25) is 0 Å². The van der Waals surface area contributed by atoms with Gasteiger partial charge in [0.25, 0.3) is 23.4 Å². The molecule has 0 atom stereocenters. The third-order valence-corrected chi connectivity index (χ3v) is 12.6. The fraction of sp³-hybridized carbons (Fsp3) is 0.289. The SMILES string of the molecule is COc1ccc2c(c1)c(C(=O)C(=O)NC1CCCC1)c(Cl)n2Cc1ccc(Cl)cc1Cl.O=C(NC1CCCC1)C(=O)c1c(Cl)n(Cc2ccc(Cl)cc2)c2ccccc12. The number of hydrogen-bond donors (Lipinski definition) is 2. The zero-order chi connectivity index (χ0) is 41.8. The minimum atomic E-state index is -0.656. The second-order valence-corrected chi connectivity index (χ2v) is 16.8. The molecule has 14 heteroatoms. The highest BCUT2D eigenvalue weighted by Crippen LogP contribution is 2.36. The molecular formula is C45H41Cl5N4O5. The number of nitrogens with zero attached hydrogens (tertiary/aromatic N) is 2. The van der Waals surface area contributed by atoms with Crippen molar-refractivity contribution in [3.05, 3.63) is 133 Å². The lowest BCUT2D eigenvalue weighted by Crippen LogP contribution is -2.37. The van der Waals surface area contributed by atoms with E-state index in [0.29, 0.717) is 50.2 Å². The molecule has 306 valence electrons. The molecule has 2 fully saturated rings. The van der Waals surface area contributed by atoms with E-state index in [9.17, 15) is 19.2 Å². The molecule has 0 bridgehead atoms. The summed E-state index contributed by atoms with van der Waals surface area (Å²) < 4.78 is 8.95. The van der Waals surface area contributed by atoms with E-state index in [4.69, 9.17) is 62.7 Å². The van der Waals surface area contributed by atoms with Crippen molar-refractivity contribution in [3.63, 3.8) is 0 Å². The minimum Gasteiger partial charge on any atom is -0.497 e. The first-order chi connectivity index (χ1) is 28.4. The first-order valence-electron chi connectivity index (χ1n) is 19.4. The Hall–Kier alpha value is -4.51. The Morgan fingerprint density at radius 1 is 0.610 bits per heavy atom. The lowest BCUT2D eigenvalue weighted by molar-refractivity contribution is -0.118. The molecule has 2 aromatic heterocycles. The Morgan fingerprint density at radius 3 is 1.71 bits per heavy atom. The number of hydrogen-bond acceptors (Lipinski definition) is 5. The van der Waals surface area contributed by atoms with Crippen LogP contribution >= 0.6 is 58.0 Å². The summed E-state index contributed by atoms with van der Waals surface area (Å²) in [5.74, 6) is -1.89. The molecule has 59 heavy (non-hydrogen) atoms. The third-order valence-electron chi connectivity index (χ3n) is 11.0. The zero-order valence-electron chi connectivity index (χ0n) is 32.1.